The number of hydrogen-bond acceptors (Lipinski definition) is 4. The molecular formula is C7H15NaO4. The minimum Gasteiger partial charge on any atom is -1.00 e. The van der Waals surface area contributed by atoms with E-state index in [1.165, 1.54) is 6.92 Å². The first kappa shape index (κ1) is 14.9. The molecule has 0 amide bonds. The predicted molar refractivity (Wildman–Crippen MR) is 40.4 cm³/mol. The standard InChI is InChI=1S/C7H14O4.Na.H/c1-7(8)11-6-5-10-4-3-9-2;;/h3-6H2,1-2H3;;/q;+1;-1. The van der Waals surface area contributed by atoms with Crippen molar-refractivity contribution < 1.29 is 50.0 Å². The summed E-state index contributed by atoms with van der Waals surface area (Å²) in [5.74, 6) is -0.277. The van der Waals surface area contributed by atoms with E-state index in [9.17, 15) is 4.79 Å². The average Bonchev–Trinajstić information content (AvgIpc) is 1.96. The van der Waals surface area contributed by atoms with Crippen LogP contribution in [-0.4, -0.2) is 39.5 Å². The third kappa shape index (κ3) is 13.0. The molecule has 0 unspecified atom stereocenters. The first-order chi connectivity index (χ1) is 5.27. The number of ether oxygens (including phenoxy) is 3. The first-order valence-corrected chi connectivity index (χ1v) is 3.47. The Morgan fingerprint density at radius 1 is 1.25 bits per heavy atom. The Bertz CT molecular complexity index is 113. The first-order valence-electron chi connectivity index (χ1n) is 3.47. The van der Waals surface area contributed by atoms with Crippen molar-refractivity contribution in [2.75, 3.05) is 33.5 Å². The molecule has 0 aliphatic rings. The third-order valence-electron chi connectivity index (χ3n) is 0.965. The number of methoxy groups -OCH3 is 1. The molecule has 0 N–H and O–H groups in total. The molecule has 0 aliphatic heterocycles. The molecular weight excluding hydrogens is 171 g/mol. The topological polar surface area (TPSA) is 44.8 Å². The van der Waals surface area contributed by atoms with Crippen molar-refractivity contribution in [3.05, 3.63) is 0 Å². The van der Waals surface area contributed by atoms with Gasteiger partial charge >= 0.3 is 35.5 Å². The predicted octanol–water partition coefficient (Wildman–Crippen LogP) is -2.67. The Labute approximate surface area is 96.3 Å². The van der Waals surface area contributed by atoms with E-state index in [1.807, 2.05) is 0 Å². The van der Waals surface area contributed by atoms with Gasteiger partial charge < -0.3 is 15.6 Å². The van der Waals surface area contributed by atoms with Crippen LogP contribution in [0.3, 0.4) is 0 Å². The van der Waals surface area contributed by atoms with Gasteiger partial charge in [-0.25, -0.2) is 0 Å². The second kappa shape index (κ2) is 11.4. The SMILES string of the molecule is COCCOCCOC(C)=O.[H-].[Na+]. The van der Waals surface area contributed by atoms with E-state index in [0.29, 0.717) is 26.4 Å². The number of esters is 1. The minimum absolute atomic E-state index is 0. The molecule has 0 rings (SSSR count). The molecule has 0 saturated heterocycles. The van der Waals surface area contributed by atoms with E-state index in [0.717, 1.165) is 0 Å². The van der Waals surface area contributed by atoms with Crippen LogP contribution < -0.4 is 29.6 Å². The van der Waals surface area contributed by atoms with Crippen LogP contribution in [0, 0.1) is 0 Å². The minimum atomic E-state index is -0.277. The van der Waals surface area contributed by atoms with Crippen LogP contribution >= 0.6 is 0 Å². The second-order valence-corrected chi connectivity index (χ2v) is 1.95. The van der Waals surface area contributed by atoms with Crippen molar-refractivity contribution in [3.63, 3.8) is 0 Å². The van der Waals surface area contributed by atoms with E-state index in [2.05, 4.69) is 4.74 Å². The number of hydrogen-bond donors (Lipinski definition) is 0. The van der Waals surface area contributed by atoms with Crippen LogP contribution in [0.1, 0.15) is 8.35 Å². The molecule has 0 heterocycles. The molecule has 0 atom stereocenters. The van der Waals surface area contributed by atoms with Gasteiger partial charge in [-0.3, -0.25) is 4.79 Å². The smallest absolute Gasteiger partial charge is 1.00 e. The summed E-state index contributed by atoms with van der Waals surface area (Å²) in [5, 5.41) is 0. The number of rotatable bonds is 6. The Balaban J connectivity index is -0.000000500. The molecule has 0 aromatic carbocycles. The van der Waals surface area contributed by atoms with E-state index in [-0.39, 0.29) is 37.0 Å². The van der Waals surface area contributed by atoms with Crippen molar-refractivity contribution in [2.24, 2.45) is 0 Å². The molecule has 5 heteroatoms. The maximum Gasteiger partial charge on any atom is 1.00 e. The van der Waals surface area contributed by atoms with Gasteiger partial charge in [0.2, 0.25) is 0 Å². The number of carbonyl (C=O) groups is 1. The number of carbonyl (C=O) groups excluding carboxylic acids is 1. The molecule has 0 aromatic rings. The van der Waals surface area contributed by atoms with Gasteiger partial charge in [-0.2, -0.15) is 0 Å². The fraction of sp³-hybridized carbons (Fsp3) is 0.857. The second-order valence-electron chi connectivity index (χ2n) is 1.95. The monoisotopic (exact) mass is 186 g/mol. The summed E-state index contributed by atoms with van der Waals surface area (Å²) in [6.45, 7) is 3.23. The molecule has 68 valence electrons. The van der Waals surface area contributed by atoms with Crippen molar-refractivity contribution in [1.29, 1.82) is 0 Å². The molecule has 0 radical (unpaired) electrons. The van der Waals surface area contributed by atoms with Crippen LogP contribution in [0.5, 0.6) is 0 Å². The van der Waals surface area contributed by atoms with Gasteiger partial charge in [0, 0.05) is 14.0 Å². The molecule has 0 bridgehead atoms. The van der Waals surface area contributed by atoms with E-state index < -0.39 is 0 Å². The zero-order chi connectivity index (χ0) is 8.53. The molecule has 0 saturated carbocycles. The van der Waals surface area contributed by atoms with Crippen LogP contribution in [0.4, 0.5) is 0 Å². The van der Waals surface area contributed by atoms with Gasteiger partial charge in [-0.05, 0) is 0 Å². The quantitative estimate of drug-likeness (QED) is 0.258. The average molecular weight is 186 g/mol. The third-order valence-corrected chi connectivity index (χ3v) is 0.965. The zero-order valence-electron chi connectivity index (χ0n) is 8.96. The van der Waals surface area contributed by atoms with Gasteiger partial charge in [0.25, 0.3) is 0 Å². The summed E-state index contributed by atoms with van der Waals surface area (Å²) in [6.07, 6.45) is 0. The molecule has 0 aliphatic carbocycles. The Morgan fingerprint density at radius 2 is 1.83 bits per heavy atom. The maximum atomic E-state index is 10.2. The van der Waals surface area contributed by atoms with E-state index >= 15 is 0 Å². The molecule has 4 nitrogen and oxygen atoms in total. The van der Waals surface area contributed by atoms with Crippen LogP contribution in [0.25, 0.3) is 0 Å². The maximum absolute atomic E-state index is 10.2. The van der Waals surface area contributed by atoms with E-state index in [4.69, 9.17) is 9.47 Å². The molecule has 12 heavy (non-hydrogen) atoms. The Hall–Kier alpha value is 0.390. The van der Waals surface area contributed by atoms with Gasteiger partial charge in [-0.1, -0.05) is 0 Å². The summed E-state index contributed by atoms with van der Waals surface area (Å²) < 4.78 is 14.4. The van der Waals surface area contributed by atoms with Gasteiger partial charge in [-0.15, -0.1) is 0 Å². The van der Waals surface area contributed by atoms with Crippen molar-refractivity contribution in [2.45, 2.75) is 6.92 Å². The summed E-state index contributed by atoms with van der Waals surface area (Å²) in [6, 6.07) is 0. The van der Waals surface area contributed by atoms with Gasteiger partial charge in [0.1, 0.15) is 6.61 Å². The van der Waals surface area contributed by atoms with Crippen molar-refractivity contribution in [3.8, 4) is 0 Å². The van der Waals surface area contributed by atoms with E-state index in [1.54, 1.807) is 7.11 Å². The van der Waals surface area contributed by atoms with Gasteiger partial charge in [0.15, 0.2) is 0 Å². The molecule has 0 spiro atoms. The molecule has 0 fully saturated rings. The van der Waals surface area contributed by atoms with Crippen LogP contribution in [0.15, 0.2) is 0 Å². The summed E-state index contributed by atoms with van der Waals surface area (Å²) in [4.78, 5) is 10.2. The van der Waals surface area contributed by atoms with Crippen LogP contribution in [0.2, 0.25) is 0 Å². The van der Waals surface area contributed by atoms with Crippen molar-refractivity contribution >= 4 is 5.97 Å². The van der Waals surface area contributed by atoms with Crippen LogP contribution in [-0.2, 0) is 19.0 Å². The fourth-order valence-electron chi connectivity index (χ4n) is 0.489. The van der Waals surface area contributed by atoms with Gasteiger partial charge in [0.05, 0.1) is 19.8 Å². The van der Waals surface area contributed by atoms with Crippen molar-refractivity contribution in [1.82, 2.24) is 0 Å². The normalized spacial score (nSPS) is 8.83. The Morgan fingerprint density at radius 3 is 2.33 bits per heavy atom. The summed E-state index contributed by atoms with van der Waals surface area (Å²) in [7, 11) is 1.61. The fourth-order valence-corrected chi connectivity index (χ4v) is 0.489. The zero-order valence-corrected chi connectivity index (χ0v) is 9.96. The summed E-state index contributed by atoms with van der Waals surface area (Å²) >= 11 is 0. The Kier molecular flexibility index (Phi) is 14.1. The largest absolute Gasteiger partial charge is 1.00 e. The summed E-state index contributed by atoms with van der Waals surface area (Å²) in [5.41, 5.74) is 0. The molecule has 0 aromatic heterocycles.